The molecule has 1 radical (unpaired) electrons. The number of carbonyl (C=O) groups excluding carboxylic acids is 1. The molecular formula is C8H15O2. The van der Waals surface area contributed by atoms with Crippen LogP contribution in [0.2, 0.25) is 0 Å². The van der Waals surface area contributed by atoms with E-state index in [0.29, 0.717) is 6.42 Å². The summed E-state index contributed by atoms with van der Waals surface area (Å²) in [5.41, 5.74) is 0. The van der Waals surface area contributed by atoms with Crippen molar-refractivity contribution in [2.24, 2.45) is 5.92 Å². The van der Waals surface area contributed by atoms with Gasteiger partial charge in [0.2, 0.25) is 0 Å². The molecule has 0 aromatic heterocycles. The van der Waals surface area contributed by atoms with Crippen LogP contribution < -0.4 is 0 Å². The Morgan fingerprint density at radius 1 is 1.50 bits per heavy atom. The zero-order chi connectivity index (χ0) is 8.15. The maximum Gasteiger partial charge on any atom is 0.308 e. The second-order valence-corrected chi connectivity index (χ2v) is 2.68. The molecule has 0 aromatic carbocycles. The standard InChI is InChI=1S/C8H15O2/c1-5-7(4)8(9)10-6(2)3/h6-7H,1,5H2,2-4H3. The lowest BCUT2D eigenvalue weighted by Gasteiger charge is -2.11. The van der Waals surface area contributed by atoms with Gasteiger partial charge in [0.1, 0.15) is 0 Å². The van der Waals surface area contributed by atoms with Crippen LogP contribution in [0.15, 0.2) is 0 Å². The maximum absolute atomic E-state index is 10.9. The van der Waals surface area contributed by atoms with Gasteiger partial charge in [-0.25, -0.2) is 0 Å². The fourth-order valence-corrected chi connectivity index (χ4v) is 0.466. The number of esters is 1. The van der Waals surface area contributed by atoms with Crippen molar-refractivity contribution in [2.45, 2.75) is 33.3 Å². The van der Waals surface area contributed by atoms with Crippen molar-refractivity contribution < 1.29 is 9.53 Å². The van der Waals surface area contributed by atoms with Gasteiger partial charge >= 0.3 is 5.97 Å². The first-order valence-corrected chi connectivity index (χ1v) is 3.57. The maximum atomic E-state index is 10.9. The number of rotatable bonds is 3. The molecule has 59 valence electrons. The molecule has 0 amide bonds. The molecule has 0 aliphatic carbocycles. The Kier molecular flexibility index (Phi) is 4.08. The van der Waals surface area contributed by atoms with Gasteiger partial charge < -0.3 is 4.74 Å². The van der Waals surface area contributed by atoms with Crippen molar-refractivity contribution in [3.63, 3.8) is 0 Å². The molecule has 1 atom stereocenters. The van der Waals surface area contributed by atoms with Crippen LogP contribution in [0, 0.1) is 12.8 Å². The third kappa shape index (κ3) is 3.49. The summed E-state index contributed by atoms with van der Waals surface area (Å²) in [5.74, 6) is -0.215. The first-order chi connectivity index (χ1) is 4.57. The van der Waals surface area contributed by atoms with E-state index in [1.54, 1.807) is 0 Å². The second kappa shape index (κ2) is 4.31. The molecule has 0 rings (SSSR count). The summed E-state index contributed by atoms with van der Waals surface area (Å²) in [5, 5.41) is 0. The highest BCUT2D eigenvalue weighted by Crippen LogP contribution is 2.04. The van der Waals surface area contributed by atoms with Crippen molar-refractivity contribution in [3.8, 4) is 0 Å². The third-order valence-electron chi connectivity index (χ3n) is 1.19. The summed E-state index contributed by atoms with van der Waals surface area (Å²) in [4.78, 5) is 10.9. The van der Waals surface area contributed by atoms with E-state index in [1.165, 1.54) is 0 Å². The molecule has 0 fully saturated rings. The summed E-state index contributed by atoms with van der Waals surface area (Å²) in [6.45, 7) is 9.11. The Morgan fingerprint density at radius 2 is 2.00 bits per heavy atom. The number of ether oxygens (including phenoxy) is 1. The third-order valence-corrected chi connectivity index (χ3v) is 1.19. The molecular weight excluding hydrogens is 128 g/mol. The van der Waals surface area contributed by atoms with E-state index in [1.807, 2.05) is 20.8 Å². The molecule has 10 heavy (non-hydrogen) atoms. The van der Waals surface area contributed by atoms with E-state index >= 15 is 0 Å². The Bertz CT molecular complexity index is 108. The Labute approximate surface area is 62.6 Å². The lowest BCUT2D eigenvalue weighted by atomic mass is 10.1. The van der Waals surface area contributed by atoms with E-state index < -0.39 is 0 Å². The van der Waals surface area contributed by atoms with Gasteiger partial charge in [-0.1, -0.05) is 13.8 Å². The van der Waals surface area contributed by atoms with Crippen LogP contribution in [0.5, 0.6) is 0 Å². The number of carbonyl (C=O) groups is 1. The summed E-state index contributed by atoms with van der Waals surface area (Å²) >= 11 is 0. The summed E-state index contributed by atoms with van der Waals surface area (Å²) in [7, 11) is 0. The van der Waals surface area contributed by atoms with E-state index in [-0.39, 0.29) is 18.0 Å². The normalized spacial score (nSPS) is 13.3. The fourth-order valence-electron chi connectivity index (χ4n) is 0.466. The molecule has 0 bridgehead atoms. The number of hydrogen-bond donors (Lipinski definition) is 0. The second-order valence-electron chi connectivity index (χ2n) is 2.68. The summed E-state index contributed by atoms with van der Waals surface area (Å²) < 4.78 is 4.92. The molecule has 0 spiro atoms. The van der Waals surface area contributed by atoms with E-state index in [2.05, 4.69) is 6.92 Å². The Morgan fingerprint density at radius 3 is 2.30 bits per heavy atom. The quantitative estimate of drug-likeness (QED) is 0.563. The molecule has 2 nitrogen and oxygen atoms in total. The molecule has 0 aliphatic heterocycles. The summed E-state index contributed by atoms with van der Waals surface area (Å²) in [6, 6.07) is 0. The lowest BCUT2D eigenvalue weighted by Crippen LogP contribution is -2.18. The van der Waals surface area contributed by atoms with Gasteiger partial charge in [0.05, 0.1) is 12.0 Å². The largest absolute Gasteiger partial charge is 0.463 e. The van der Waals surface area contributed by atoms with Crippen LogP contribution >= 0.6 is 0 Å². The predicted molar refractivity (Wildman–Crippen MR) is 40.4 cm³/mol. The first-order valence-electron chi connectivity index (χ1n) is 3.57. The van der Waals surface area contributed by atoms with Gasteiger partial charge in [0.15, 0.2) is 0 Å². The first kappa shape index (κ1) is 9.47. The highest BCUT2D eigenvalue weighted by atomic mass is 16.5. The molecule has 0 saturated heterocycles. The predicted octanol–water partition coefficient (Wildman–Crippen LogP) is 1.80. The minimum atomic E-state index is -0.148. The van der Waals surface area contributed by atoms with Crippen molar-refractivity contribution >= 4 is 5.97 Å². The molecule has 0 aliphatic rings. The lowest BCUT2D eigenvalue weighted by molar-refractivity contribution is -0.151. The van der Waals surface area contributed by atoms with Gasteiger partial charge in [-0.05, 0) is 20.3 Å². The van der Waals surface area contributed by atoms with Crippen LogP contribution in [0.4, 0.5) is 0 Å². The Balaban J connectivity index is 3.62. The highest BCUT2D eigenvalue weighted by molar-refractivity contribution is 5.72. The van der Waals surface area contributed by atoms with E-state index in [9.17, 15) is 4.79 Å². The average Bonchev–Trinajstić information content (AvgIpc) is 1.85. The van der Waals surface area contributed by atoms with Crippen molar-refractivity contribution in [1.29, 1.82) is 0 Å². The Hall–Kier alpha value is -0.530. The molecule has 0 heterocycles. The van der Waals surface area contributed by atoms with Crippen molar-refractivity contribution in [1.82, 2.24) is 0 Å². The molecule has 2 heteroatoms. The molecule has 0 N–H and O–H groups in total. The van der Waals surface area contributed by atoms with Gasteiger partial charge in [-0.3, -0.25) is 4.79 Å². The minimum absolute atomic E-state index is 0.0125. The van der Waals surface area contributed by atoms with E-state index in [4.69, 9.17) is 4.74 Å². The molecule has 1 unspecified atom stereocenters. The van der Waals surface area contributed by atoms with Crippen LogP contribution in [0.3, 0.4) is 0 Å². The van der Waals surface area contributed by atoms with Crippen LogP contribution in [-0.2, 0) is 9.53 Å². The molecule has 0 aromatic rings. The average molecular weight is 143 g/mol. The van der Waals surface area contributed by atoms with Crippen LogP contribution in [-0.4, -0.2) is 12.1 Å². The summed E-state index contributed by atoms with van der Waals surface area (Å²) in [6.07, 6.45) is 0.590. The zero-order valence-corrected chi connectivity index (χ0v) is 6.89. The highest BCUT2D eigenvalue weighted by Gasteiger charge is 2.12. The minimum Gasteiger partial charge on any atom is -0.463 e. The van der Waals surface area contributed by atoms with Crippen LogP contribution in [0.1, 0.15) is 27.2 Å². The van der Waals surface area contributed by atoms with Crippen molar-refractivity contribution in [2.75, 3.05) is 0 Å². The van der Waals surface area contributed by atoms with Gasteiger partial charge in [-0.2, -0.15) is 0 Å². The SMILES string of the molecule is [CH2]CC(C)C(=O)OC(C)C. The van der Waals surface area contributed by atoms with Gasteiger partial charge in [0.25, 0.3) is 0 Å². The molecule has 0 saturated carbocycles. The zero-order valence-electron chi connectivity index (χ0n) is 6.89. The van der Waals surface area contributed by atoms with Crippen molar-refractivity contribution in [3.05, 3.63) is 6.92 Å². The van der Waals surface area contributed by atoms with Gasteiger partial charge in [-0.15, -0.1) is 0 Å². The fraction of sp³-hybridized carbons (Fsp3) is 0.750. The van der Waals surface area contributed by atoms with E-state index in [0.717, 1.165) is 0 Å². The van der Waals surface area contributed by atoms with Gasteiger partial charge in [0, 0.05) is 0 Å². The topological polar surface area (TPSA) is 26.3 Å². The number of hydrogen-bond acceptors (Lipinski definition) is 2. The monoisotopic (exact) mass is 143 g/mol. The van der Waals surface area contributed by atoms with Crippen LogP contribution in [0.25, 0.3) is 0 Å². The smallest absolute Gasteiger partial charge is 0.308 e.